The van der Waals surface area contributed by atoms with Crippen molar-refractivity contribution in [3.05, 3.63) is 18.0 Å². The van der Waals surface area contributed by atoms with Crippen LogP contribution >= 0.6 is 0 Å². The van der Waals surface area contributed by atoms with Crippen LogP contribution < -0.4 is 10.6 Å². The average molecular weight is 290 g/mol. The van der Waals surface area contributed by atoms with Gasteiger partial charge in [-0.2, -0.15) is 13.2 Å². The fourth-order valence-electron chi connectivity index (χ4n) is 1.56. The summed E-state index contributed by atoms with van der Waals surface area (Å²) in [7, 11) is 3.15. The van der Waals surface area contributed by atoms with Crippen LogP contribution in [0.25, 0.3) is 0 Å². The van der Waals surface area contributed by atoms with Crippen molar-refractivity contribution in [3.63, 3.8) is 0 Å². The molecule has 5 nitrogen and oxygen atoms in total. The van der Waals surface area contributed by atoms with Gasteiger partial charge in [-0.05, 0) is 13.0 Å². The lowest BCUT2D eigenvalue weighted by Gasteiger charge is -2.26. The minimum absolute atomic E-state index is 0.0466. The third kappa shape index (κ3) is 3.75. The summed E-state index contributed by atoms with van der Waals surface area (Å²) < 4.78 is 38.0. The van der Waals surface area contributed by atoms with Gasteiger partial charge >= 0.3 is 6.18 Å². The maximum atomic E-state index is 12.7. The maximum Gasteiger partial charge on any atom is 0.433 e. The molecule has 0 fully saturated rings. The first-order valence-electron chi connectivity index (χ1n) is 5.94. The molecule has 0 aliphatic rings. The molecule has 0 unspecified atom stereocenters. The summed E-state index contributed by atoms with van der Waals surface area (Å²) in [4.78, 5) is 17.8. The Morgan fingerprint density at radius 2 is 2.00 bits per heavy atom. The SMILES string of the molecule is CCN(CC(=O)N(C)C)c1cc(C(F)(F)F)ncc1N. The number of nitrogens with zero attached hydrogens (tertiary/aromatic N) is 3. The number of anilines is 2. The molecule has 112 valence electrons. The standard InChI is InChI=1S/C12H17F3N4O/c1-4-19(7-11(20)18(2)3)9-5-10(12(13,14)15)17-6-8(9)16/h5-6H,4,7,16H2,1-3H3. The highest BCUT2D eigenvalue weighted by Crippen LogP contribution is 2.32. The minimum atomic E-state index is -4.55. The largest absolute Gasteiger partial charge is 0.433 e. The van der Waals surface area contributed by atoms with E-state index >= 15 is 0 Å². The molecule has 1 rings (SSSR count). The third-order valence-electron chi connectivity index (χ3n) is 2.75. The number of halogens is 3. The number of likely N-dealkylation sites (N-methyl/N-ethyl adjacent to an activating group) is 2. The van der Waals surface area contributed by atoms with Crippen molar-refractivity contribution in [2.75, 3.05) is 37.8 Å². The first-order valence-corrected chi connectivity index (χ1v) is 5.94. The number of rotatable bonds is 4. The quantitative estimate of drug-likeness (QED) is 0.915. The van der Waals surface area contributed by atoms with Gasteiger partial charge in [-0.1, -0.05) is 0 Å². The van der Waals surface area contributed by atoms with Crippen molar-refractivity contribution in [3.8, 4) is 0 Å². The zero-order valence-corrected chi connectivity index (χ0v) is 11.5. The Morgan fingerprint density at radius 3 is 2.45 bits per heavy atom. The predicted octanol–water partition coefficient (Wildman–Crippen LogP) is 1.60. The second-order valence-corrected chi connectivity index (χ2v) is 4.43. The molecule has 2 N–H and O–H groups in total. The molecule has 1 aromatic heterocycles. The normalized spacial score (nSPS) is 11.3. The van der Waals surface area contributed by atoms with Crippen LogP contribution in [-0.4, -0.2) is 43.0 Å². The molecule has 0 saturated carbocycles. The number of aromatic nitrogens is 1. The number of alkyl halides is 3. The summed E-state index contributed by atoms with van der Waals surface area (Å²) >= 11 is 0. The van der Waals surface area contributed by atoms with Crippen molar-refractivity contribution in [2.24, 2.45) is 0 Å². The number of nitrogen functional groups attached to an aromatic ring is 1. The monoisotopic (exact) mass is 290 g/mol. The predicted molar refractivity (Wildman–Crippen MR) is 70.2 cm³/mol. The van der Waals surface area contributed by atoms with Crippen molar-refractivity contribution in [1.29, 1.82) is 0 Å². The van der Waals surface area contributed by atoms with E-state index in [4.69, 9.17) is 5.73 Å². The van der Waals surface area contributed by atoms with E-state index in [0.29, 0.717) is 6.54 Å². The van der Waals surface area contributed by atoms with Crippen LogP contribution in [0, 0.1) is 0 Å². The van der Waals surface area contributed by atoms with E-state index < -0.39 is 11.9 Å². The molecule has 1 amide bonds. The lowest BCUT2D eigenvalue weighted by atomic mass is 10.2. The van der Waals surface area contributed by atoms with Gasteiger partial charge < -0.3 is 15.5 Å². The summed E-state index contributed by atoms with van der Waals surface area (Å²) in [6.45, 7) is 2.04. The van der Waals surface area contributed by atoms with Crippen LogP contribution in [-0.2, 0) is 11.0 Å². The van der Waals surface area contributed by atoms with E-state index in [-0.39, 0.29) is 23.8 Å². The molecule has 1 aromatic rings. The number of amides is 1. The van der Waals surface area contributed by atoms with Crippen molar-refractivity contribution in [1.82, 2.24) is 9.88 Å². The van der Waals surface area contributed by atoms with Gasteiger partial charge in [0.15, 0.2) is 0 Å². The second-order valence-electron chi connectivity index (χ2n) is 4.43. The Hall–Kier alpha value is -1.99. The average Bonchev–Trinajstić information content (AvgIpc) is 2.35. The van der Waals surface area contributed by atoms with Gasteiger partial charge in [0.2, 0.25) is 5.91 Å². The van der Waals surface area contributed by atoms with Gasteiger partial charge in [0, 0.05) is 20.6 Å². The van der Waals surface area contributed by atoms with Gasteiger partial charge in [-0.3, -0.25) is 4.79 Å². The molecule has 20 heavy (non-hydrogen) atoms. The second kappa shape index (κ2) is 5.98. The lowest BCUT2D eigenvalue weighted by molar-refractivity contribution is -0.141. The Labute approximate surface area is 115 Å². The van der Waals surface area contributed by atoms with E-state index in [2.05, 4.69) is 4.98 Å². The number of hydrogen-bond donors (Lipinski definition) is 1. The van der Waals surface area contributed by atoms with Crippen molar-refractivity contribution in [2.45, 2.75) is 13.1 Å². The Morgan fingerprint density at radius 1 is 1.40 bits per heavy atom. The minimum Gasteiger partial charge on any atom is -0.396 e. The number of carbonyl (C=O) groups is 1. The fraction of sp³-hybridized carbons (Fsp3) is 0.500. The highest BCUT2D eigenvalue weighted by atomic mass is 19.4. The van der Waals surface area contributed by atoms with Crippen LogP contribution in [0.3, 0.4) is 0 Å². The third-order valence-corrected chi connectivity index (χ3v) is 2.75. The zero-order valence-electron chi connectivity index (χ0n) is 11.5. The van der Waals surface area contributed by atoms with Gasteiger partial charge in [-0.15, -0.1) is 0 Å². The number of pyridine rings is 1. The molecule has 1 heterocycles. The molecule has 0 aliphatic heterocycles. The molecular weight excluding hydrogens is 273 g/mol. The smallest absolute Gasteiger partial charge is 0.396 e. The Balaban J connectivity index is 3.11. The van der Waals surface area contributed by atoms with Gasteiger partial charge in [0.1, 0.15) is 5.69 Å². The van der Waals surface area contributed by atoms with Crippen molar-refractivity contribution < 1.29 is 18.0 Å². The first kappa shape index (κ1) is 16.1. The highest BCUT2D eigenvalue weighted by Gasteiger charge is 2.33. The molecule has 8 heteroatoms. The molecular formula is C12H17F3N4O. The summed E-state index contributed by atoms with van der Waals surface area (Å²) in [6, 6.07) is 0.863. The van der Waals surface area contributed by atoms with Crippen LogP contribution in [0.4, 0.5) is 24.5 Å². The Bertz CT molecular complexity index is 488. The number of hydrogen-bond acceptors (Lipinski definition) is 4. The van der Waals surface area contributed by atoms with Crippen LogP contribution in [0.2, 0.25) is 0 Å². The van der Waals surface area contributed by atoms with E-state index in [1.807, 2.05) is 0 Å². The lowest BCUT2D eigenvalue weighted by Crippen LogP contribution is -2.37. The summed E-state index contributed by atoms with van der Waals surface area (Å²) in [5, 5.41) is 0. The molecule has 0 aliphatic carbocycles. The first-order chi connectivity index (χ1) is 9.16. The van der Waals surface area contributed by atoms with Crippen LogP contribution in [0.1, 0.15) is 12.6 Å². The molecule has 0 radical (unpaired) electrons. The highest BCUT2D eigenvalue weighted by molar-refractivity contribution is 5.82. The Kier molecular flexibility index (Phi) is 4.80. The summed E-state index contributed by atoms with van der Waals surface area (Å²) in [6.07, 6.45) is -3.59. The molecule has 0 saturated heterocycles. The van der Waals surface area contributed by atoms with E-state index in [1.54, 1.807) is 21.0 Å². The zero-order chi connectivity index (χ0) is 15.5. The fourth-order valence-corrected chi connectivity index (χ4v) is 1.56. The summed E-state index contributed by atoms with van der Waals surface area (Å²) in [5.41, 5.74) is 4.90. The van der Waals surface area contributed by atoms with Gasteiger partial charge in [0.05, 0.1) is 24.1 Å². The van der Waals surface area contributed by atoms with Crippen LogP contribution in [0.15, 0.2) is 12.3 Å². The van der Waals surface area contributed by atoms with Crippen LogP contribution in [0.5, 0.6) is 0 Å². The van der Waals surface area contributed by atoms with E-state index in [9.17, 15) is 18.0 Å². The summed E-state index contributed by atoms with van der Waals surface area (Å²) in [5.74, 6) is -0.225. The molecule has 0 aromatic carbocycles. The number of carbonyl (C=O) groups excluding carboxylic acids is 1. The topological polar surface area (TPSA) is 62.5 Å². The molecule has 0 atom stereocenters. The molecule has 0 bridgehead atoms. The van der Waals surface area contributed by atoms with Crippen molar-refractivity contribution >= 4 is 17.3 Å². The van der Waals surface area contributed by atoms with Gasteiger partial charge in [-0.25, -0.2) is 4.98 Å². The van der Waals surface area contributed by atoms with Gasteiger partial charge in [0.25, 0.3) is 0 Å². The molecule has 0 spiro atoms. The van der Waals surface area contributed by atoms with E-state index in [0.717, 1.165) is 12.3 Å². The number of nitrogens with two attached hydrogens (primary N) is 1. The maximum absolute atomic E-state index is 12.7. The van der Waals surface area contributed by atoms with E-state index in [1.165, 1.54) is 9.80 Å².